The molecule has 0 spiro atoms. The summed E-state index contributed by atoms with van der Waals surface area (Å²) in [5.41, 5.74) is 11.1. The number of para-hydroxylation sites is 2. The Bertz CT molecular complexity index is 1420. The van der Waals surface area contributed by atoms with Crippen LogP contribution < -0.4 is 0 Å². The van der Waals surface area contributed by atoms with Crippen molar-refractivity contribution in [2.24, 2.45) is 20.0 Å². The Morgan fingerprint density at radius 2 is 0.853 bits per heavy atom. The number of rotatable bonds is 3. The number of fused-ring (bicyclic) bond motifs is 2. The summed E-state index contributed by atoms with van der Waals surface area (Å²) in [5.74, 6) is 0. The third-order valence-corrected chi connectivity index (χ3v) is 6.01. The number of nitrogens with zero attached hydrogens (tertiary/aromatic N) is 4. The Kier molecular flexibility index (Phi) is 4.84. The highest BCUT2D eigenvalue weighted by Gasteiger charge is 2.33. The van der Waals surface area contributed by atoms with Crippen molar-refractivity contribution < 1.29 is 0 Å². The number of benzene rings is 4. The maximum atomic E-state index is 5.03. The first kappa shape index (κ1) is 20.2. The van der Waals surface area contributed by atoms with Gasteiger partial charge < -0.3 is 0 Å². The highest BCUT2D eigenvalue weighted by molar-refractivity contribution is 6.88. The van der Waals surface area contributed by atoms with Gasteiger partial charge in [-0.2, -0.15) is 0 Å². The number of aryl methyl sites for hydroxylation is 2. The fourth-order valence-corrected chi connectivity index (χ4v) is 4.20. The molecule has 0 bridgehead atoms. The van der Waals surface area contributed by atoms with Gasteiger partial charge in [0.25, 0.3) is 0 Å². The van der Waals surface area contributed by atoms with E-state index in [0.29, 0.717) is 0 Å². The first-order valence-electron chi connectivity index (χ1n) is 11.3. The van der Waals surface area contributed by atoms with Crippen LogP contribution in [0.4, 0.5) is 22.7 Å². The van der Waals surface area contributed by atoms with Crippen LogP contribution in [-0.2, 0) is 0 Å². The molecule has 34 heavy (non-hydrogen) atoms. The van der Waals surface area contributed by atoms with Gasteiger partial charge in [-0.1, -0.05) is 71.8 Å². The molecule has 4 aromatic rings. The smallest absolute Gasteiger partial charge is 0.118 e. The minimum atomic E-state index is 0.754. The molecule has 0 amide bonds. The van der Waals surface area contributed by atoms with Gasteiger partial charge in [0.15, 0.2) is 0 Å². The summed E-state index contributed by atoms with van der Waals surface area (Å²) in [7, 11) is 0. The van der Waals surface area contributed by atoms with E-state index in [4.69, 9.17) is 20.0 Å². The van der Waals surface area contributed by atoms with Gasteiger partial charge in [0.2, 0.25) is 0 Å². The molecule has 0 unspecified atom stereocenters. The van der Waals surface area contributed by atoms with Crippen LogP contribution in [0.2, 0.25) is 0 Å². The molecular weight excluding hydrogens is 416 g/mol. The highest BCUT2D eigenvalue weighted by atomic mass is 14.9. The Morgan fingerprint density at radius 1 is 0.471 bits per heavy atom. The van der Waals surface area contributed by atoms with Crippen LogP contribution >= 0.6 is 0 Å². The molecule has 0 saturated carbocycles. The summed E-state index contributed by atoms with van der Waals surface area (Å²) in [4.78, 5) is 20.0. The van der Waals surface area contributed by atoms with Crippen molar-refractivity contribution in [3.63, 3.8) is 0 Å². The van der Waals surface area contributed by atoms with Gasteiger partial charge in [-0.05, 0) is 50.2 Å². The predicted octanol–water partition coefficient (Wildman–Crippen LogP) is 7.42. The molecule has 2 aliphatic rings. The lowest BCUT2D eigenvalue weighted by atomic mass is 9.99. The lowest BCUT2D eigenvalue weighted by molar-refractivity contribution is 1.43. The van der Waals surface area contributed by atoms with Gasteiger partial charge in [0.1, 0.15) is 22.8 Å². The second kappa shape index (κ2) is 8.16. The average Bonchev–Trinajstić information content (AvgIpc) is 3.40. The van der Waals surface area contributed by atoms with Gasteiger partial charge in [-0.25, -0.2) is 20.0 Å². The van der Waals surface area contributed by atoms with E-state index in [1.807, 2.05) is 60.7 Å². The molecular formula is C30H22N4. The number of aliphatic imine (C=N–C) groups is 4. The van der Waals surface area contributed by atoms with E-state index in [2.05, 4.69) is 50.2 Å². The Labute approximate surface area is 198 Å². The van der Waals surface area contributed by atoms with Crippen molar-refractivity contribution in [3.05, 3.63) is 119 Å². The largest absolute Gasteiger partial charge is 0.246 e. The van der Waals surface area contributed by atoms with Gasteiger partial charge in [0, 0.05) is 11.1 Å². The summed E-state index contributed by atoms with van der Waals surface area (Å²) >= 11 is 0. The molecule has 2 heterocycles. The van der Waals surface area contributed by atoms with Crippen molar-refractivity contribution in [2.75, 3.05) is 0 Å². The summed E-state index contributed by atoms with van der Waals surface area (Å²) < 4.78 is 0. The maximum Gasteiger partial charge on any atom is 0.118 e. The molecule has 0 N–H and O–H groups in total. The second-order valence-corrected chi connectivity index (χ2v) is 8.55. The summed E-state index contributed by atoms with van der Waals surface area (Å²) in [6.07, 6.45) is 0. The zero-order chi connectivity index (χ0) is 23.1. The van der Waals surface area contributed by atoms with Gasteiger partial charge >= 0.3 is 0 Å². The van der Waals surface area contributed by atoms with E-state index in [1.54, 1.807) is 0 Å². The maximum absolute atomic E-state index is 5.03. The minimum Gasteiger partial charge on any atom is -0.246 e. The van der Waals surface area contributed by atoms with Crippen molar-refractivity contribution in [1.82, 2.24) is 0 Å². The van der Waals surface area contributed by atoms with E-state index < -0.39 is 0 Å². The van der Waals surface area contributed by atoms with E-state index in [9.17, 15) is 0 Å². The molecule has 4 aromatic carbocycles. The highest BCUT2D eigenvalue weighted by Crippen LogP contribution is 2.34. The first-order valence-corrected chi connectivity index (χ1v) is 11.3. The Balaban J connectivity index is 1.52. The minimum absolute atomic E-state index is 0.754. The van der Waals surface area contributed by atoms with Crippen molar-refractivity contribution in [1.29, 1.82) is 0 Å². The van der Waals surface area contributed by atoms with Crippen LogP contribution in [0, 0.1) is 13.8 Å². The molecule has 0 atom stereocenters. The fourth-order valence-electron chi connectivity index (χ4n) is 4.20. The standard InChI is InChI=1S/C30H22N4/c1-19-11-15-21(16-12-19)31-27-23-7-3-5-9-25(23)33-29(27)30-28(24-8-4-6-10-26(24)34-30)32-22-17-13-20(2)14-18-22/h3-18H,1-2H3. The molecule has 0 aromatic heterocycles. The van der Waals surface area contributed by atoms with Crippen molar-refractivity contribution in [3.8, 4) is 0 Å². The Morgan fingerprint density at radius 3 is 1.26 bits per heavy atom. The molecule has 0 aliphatic carbocycles. The first-order chi connectivity index (χ1) is 16.7. The van der Waals surface area contributed by atoms with Gasteiger partial charge in [-0.15, -0.1) is 0 Å². The molecule has 0 saturated heterocycles. The fraction of sp³-hybridized carbons (Fsp3) is 0.0667. The molecule has 0 fully saturated rings. The number of hydrogen-bond donors (Lipinski definition) is 0. The molecule has 4 nitrogen and oxygen atoms in total. The van der Waals surface area contributed by atoms with Gasteiger partial charge in [-0.3, -0.25) is 0 Å². The number of hydrogen-bond acceptors (Lipinski definition) is 4. The van der Waals surface area contributed by atoms with Crippen LogP contribution in [-0.4, -0.2) is 22.8 Å². The van der Waals surface area contributed by atoms with E-state index in [0.717, 1.165) is 56.7 Å². The van der Waals surface area contributed by atoms with Crippen molar-refractivity contribution in [2.45, 2.75) is 13.8 Å². The van der Waals surface area contributed by atoms with E-state index in [-0.39, 0.29) is 0 Å². The lowest BCUT2D eigenvalue weighted by Crippen LogP contribution is -2.27. The topological polar surface area (TPSA) is 49.4 Å². The molecule has 162 valence electrons. The monoisotopic (exact) mass is 438 g/mol. The zero-order valence-corrected chi connectivity index (χ0v) is 19.0. The summed E-state index contributed by atoms with van der Waals surface area (Å²) in [6, 6.07) is 32.7. The summed E-state index contributed by atoms with van der Waals surface area (Å²) in [5, 5.41) is 0. The van der Waals surface area contributed by atoms with Gasteiger partial charge in [0.05, 0.1) is 22.7 Å². The van der Waals surface area contributed by atoms with Crippen LogP contribution in [0.1, 0.15) is 22.3 Å². The van der Waals surface area contributed by atoms with E-state index in [1.165, 1.54) is 11.1 Å². The molecule has 4 heteroatoms. The molecule has 0 radical (unpaired) electrons. The third kappa shape index (κ3) is 3.59. The Hall–Kier alpha value is -4.44. The SMILES string of the molecule is Cc1ccc(N=C2C(C3=Nc4ccccc4C3=Nc3ccc(C)cc3)=Nc3ccccc32)cc1. The van der Waals surface area contributed by atoms with Crippen LogP contribution in [0.3, 0.4) is 0 Å². The second-order valence-electron chi connectivity index (χ2n) is 8.55. The third-order valence-electron chi connectivity index (χ3n) is 6.01. The normalized spacial score (nSPS) is 16.4. The molecule has 6 rings (SSSR count). The lowest BCUT2D eigenvalue weighted by Gasteiger charge is -2.08. The van der Waals surface area contributed by atoms with Crippen LogP contribution in [0.25, 0.3) is 0 Å². The average molecular weight is 439 g/mol. The van der Waals surface area contributed by atoms with Crippen LogP contribution in [0.15, 0.2) is 117 Å². The van der Waals surface area contributed by atoms with Crippen LogP contribution in [0.5, 0.6) is 0 Å². The zero-order valence-electron chi connectivity index (χ0n) is 19.0. The quantitative estimate of drug-likeness (QED) is 0.320. The predicted molar refractivity (Wildman–Crippen MR) is 142 cm³/mol. The molecule has 2 aliphatic heterocycles. The van der Waals surface area contributed by atoms with E-state index >= 15 is 0 Å². The summed E-state index contributed by atoms with van der Waals surface area (Å²) in [6.45, 7) is 4.15. The van der Waals surface area contributed by atoms with Crippen molar-refractivity contribution >= 4 is 45.6 Å².